The maximum atomic E-state index is 13.7. The van der Waals surface area contributed by atoms with Gasteiger partial charge in [-0.3, -0.25) is 4.79 Å². The number of nitrogens with one attached hydrogen (secondary N) is 1. The summed E-state index contributed by atoms with van der Waals surface area (Å²) in [5.41, 5.74) is -0.256. The molecule has 5 nitrogen and oxygen atoms in total. The van der Waals surface area contributed by atoms with Crippen LogP contribution in [0.4, 0.5) is 14.5 Å². The molecule has 1 amide bonds. The predicted octanol–water partition coefficient (Wildman–Crippen LogP) is 3.54. The van der Waals surface area contributed by atoms with Crippen LogP contribution in [0.2, 0.25) is 0 Å². The summed E-state index contributed by atoms with van der Waals surface area (Å²) < 4.78 is 54.1. The van der Waals surface area contributed by atoms with Gasteiger partial charge in [-0.1, -0.05) is 24.6 Å². The van der Waals surface area contributed by atoms with Gasteiger partial charge >= 0.3 is 0 Å². The molecule has 1 atom stereocenters. The fourth-order valence-corrected chi connectivity index (χ4v) is 4.94. The summed E-state index contributed by atoms with van der Waals surface area (Å²) in [6.45, 7) is 0.323. The van der Waals surface area contributed by atoms with Crippen LogP contribution in [0.3, 0.4) is 0 Å². The highest BCUT2D eigenvalue weighted by molar-refractivity contribution is 7.89. The molecule has 0 aromatic heterocycles. The summed E-state index contributed by atoms with van der Waals surface area (Å²) >= 11 is 0. The molecule has 27 heavy (non-hydrogen) atoms. The predicted molar refractivity (Wildman–Crippen MR) is 97.6 cm³/mol. The number of sulfonamides is 1. The molecule has 0 aliphatic carbocycles. The van der Waals surface area contributed by atoms with Crippen molar-refractivity contribution in [2.45, 2.75) is 36.6 Å². The first kappa shape index (κ1) is 19.4. The Morgan fingerprint density at radius 2 is 1.85 bits per heavy atom. The molecule has 0 saturated carbocycles. The monoisotopic (exact) mass is 394 g/mol. The van der Waals surface area contributed by atoms with E-state index in [1.54, 1.807) is 18.2 Å². The van der Waals surface area contributed by atoms with E-state index in [0.717, 1.165) is 24.6 Å². The zero-order valence-electron chi connectivity index (χ0n) is 14.6. The van der Waals surface area contributed by atoms with Crippen molar-refractivity contribution < 1.29 is 22.0 Å². The Kier molecular flexibility index (Phi) is 5.86. The van der Waals surface area contributed by atoms with Crippen molar-refractivity contribution in [3.05, 3.63) is 60.2 Å². The van der Waals surface area contributed by atoms with Crippen molar-refractivity contribution in [1.29, 1.82) is 0 Å². The smallest absolute Gasteiger partial charge is 0.243 e. The summed E-state index contributed by atoms with van der Waals surface area (Å²) in [7, 11) is -3.73. The Hall–Kier alpha value is -2.32. The van der Waals surface area contributed by atoms with Gasteiger partial charge in [0, 0.05) is 25.1 Å². The molecule has 2 aromatic rings. The number of hydrogen-bond acceptors (Lipinski definition) is 3. The van der Waals surface area contributed by atoms with Gasteiger partial charge in [-0.2, -0.15) is 4.31 Å². The number of halogens is 2. The van der Waals surface area contributed by atoms with Gasteiger partial charge in [-0.15, -0.1) is 0 Å². The summed E-state index contributed by atoms with van der Waals surface area (Å²) in [4.78, 5) is 12.5. The van der Waals surface area contributed by atoms with Gasteiger partial charge in [-0.05, 0) is 37.1 Å². The van der Waals surface area contributed by atoms with Crippen molar-refractivity contribution in [2.75, 3.05) is 11.9 Å². The Morgan fingerprint density at radius 3 is 2.59 bits per heavy atom. The third-order valence-corrected chi connectivity index (χ3v) is 6.51. The van der Waals surface area contributed by atoms with E-state index in [1.165, 1.54) is 16.4 Å². The van der Waals surface area contributed by atoms with Crippen molar-refractivity contribution >= 4 is 21.6 Å². The molecular weight excluding hydrogens is 374 g/mol. The summed E-state index contributed by atoms with van der Waals surface area (Å²) in [5.74, 6) is -1.97. The van der Waals surface area contributed by atoms with Gasteiger partial charge < -0.3 is 5.32 Å². The van der Waals surface area contributed by atoms with E-state index in [4.69, 9.17) is 0 Å². The molecule has 0 bridgehead atoms. The van der Waals surface area contributed by atoms with Gasteiger partial charge in [0.1, 0.15) is 11.6 Å². The van der Waals surface area contributed by atoms with Crippen molar-refractivity contribution in [3.63, 3.8) is 0 Å². The molecule has 144 valence electrons. The SMILES string of the molecule is O=C(CC1CCCCN1S(=O)(=O)c1ccccc1)Nc1cc(F)ccc1F. The first-order valence-corrected chi connectivity index (χ1v) is 10.1. The van der Waals surface area contributed by atoms with Crippen LogP contribution in [-0.4, -0.2) is 31.2 Å². The number of rotatable bonds is 5. The molecule has 2 aromatic carbocycles. The molecule has 1 aliphatic rings. The number of carbonyl (C=O) groups excluding carboxylic acids is 1. The van der Waals surface area contributed by atoms with E-state index in [2.05, 4.69) is 5.32 Å². The Bertz CT molecular complexity index is 920. The Balaban J connectivity index is 1.76. The van der Waals surface area contributed by atoms with E-state index >= 15 is 0 Å². The van der Waals surface area contributed by atoms with E-state index < -0.39 is 33.6 Å². The minimum Gasteiger partial charge on any atom is -0.323 e. The number of anilines is 1. The topological polar surface area (TPSA) is 66.5 Å². The molecule has 8 heteroatoms. The molecule has 0 radical (unpaired) electrons. The summed E-state index contributed by atoms with van der Waals surface area (Å²) in [6, 6.07) is 10.3. The van der Waals surface area contributed by atoms with Gasteiger partial charge in [0.2, 0.25) is 15.9 Å². The van der Waals surface area contributed by atoms with Crippen LogP contribution < -0.4 is 5.32 Å². The van der Waals surface area contributed by atoms with Crippen molar-refractivity contribution in [2.24, 2.45) is 0 Å². The second-order valence-electron chi connectivity index (χ2n) is 6.45. The lowest BCUT2D eigenvalue weighted by Gasteiger charge is -2.34. The fraction of sp³-hybridized carbons (Fsp3) is 0.316. The van der Waals surface area contributed by atoms with E-state index in [9.17, 15) is 22.0 Å². The fourth-order valence-electron chi connectivity index (χ4n) is 3.23. The number of benzene rings is 2. The highest BCUT2D eigenvalue weighted by Crippen LogP contribution is 2.27. The first-order chi connectivity index (χ1) is 12.9. The average molecular weight is 394 g/mol. The second kappa shape index (κ2) is 8.14. The van der Waals surface area contributed by atoms with Gasteiger partial charge in [0.25, 0.3) is 0 Å². The maximum absolute atomic E-state index is 13.7. The van der Waals surface area contributed by atoms with Crippen LogP contribution in [0.5, 0.6) is 0 Å². The molecule has 1 saturated heterocycles. The first-order valence-electron chi connectivity index (χ1n) is 8.70. The van der Waals surface area contributed by atoms with Crippen LogP contribution in [-0.2, 0) is 14.8 Å². The summed E-state index contributed by atoms with van der Waals surface area (Å²) in [5, 5.41) is 2.33. The number of nitrogens with zero attached hydrogens (tertiary/aromatic N) is 1. The average Bonchev–Trinajstić information content (AvgIpc) is 2.66. The molecule has 3 rings (SSSR count). The lowest BCUT2D eigenvalue weighted by Crippen LogP contribution is -2.45. The maximum Gasteiger partial charge on any atom is 0.243 e. The highest BCUT2D eigenvalue weighted by Gasteiger charge is 2.34. The largest absolute Gasteiger partial charge is 0.323 e. The minimum absolute atomic E-state index is 0.123. The van der Waals surface area contributed by atoms with Crippen molar-refractivity contribution in [3.8, 4) is 0 Å². The normalized spacial score (nSPS) is 18.2. The van der Waals surface area contributed by atoms with Crippen LogP contribution in [0.25, 0.3) is 0 Å². The lowest BCUT2D eigenvalue weighted by atomic mass is 10.0. The van der Waals surface area contributed by atoms with Crippen LogP contribution in [0, 0.1) is 11.6 Å². The third kappa shape index (κ3) is 4.51. The molecule has 1 unspecified atom stereocenters. The van der Waals surface area contributed by atoms with Gasteiger partial charge in [0.05, 0.1) is 10.6 Å². The minimum atomic E-state index is -3.73. The summed E-state index contributed by atoms with van der Waals surface area (Å²) in [6.07, 6.45) is 1.92. The van der Waals surface area contributed by atoms with Crippen LogP contribution >= 0.6 is 0 Å². The van der Waals surface area contributed by atoms with E-state index in [1.807, 2.05) is 0 Å². The number of hydrogen-bond donors (Lipinski definition) is 1. The molecule has 1 heterocycles. The highest BCUT2D eigenvalue weighted by atomic mass is 32.2. The van der Waals surface area contributed by atoms with Crippen molar-refractivity contribution in [1.82, 2.24) is 4.31 Å². The molecule has 1 fully saturated rings. The quantitative estimate of drug-likeness (QED) is 0.844. The second-order valence-corrected chi connectivity index (χ2v) is 8.35. The number of carbonyl (C=O) groups is 1. The molecule has 0 spiro atoms. The Morgan fingerprint density at radius 1 is 1.11 bits per heavy atom. The zero-order chi connectivity index (χ0) is 19.4. The lowest BCUT2D eigenvalue weighted by molar-refractivity contribution is -0.117. The van der Waals surface area contributed by atoms with Crippen LogP contribution in [0.1, 0.15) is 25.7 Å². The van der Waals surface area contributed by atoms with E-state index in [0.29, 0.717) is 19.4 Å². The standard InChI is InChI=1S/C19H20F2N2O3S/c20-14-9-10-17(21)18(12-14)22-19(24)13-15-6-4-5-11-23(15)27(25,26)16-7-2-1-3-8-16/h1-3,7-10,12,15H,4-6,11,13H2,(H,22,24). The Labute approximate surface area is 157 Å². The van der Waals surface area contributed by atoms with Gasteiger partial charge in [0.15, 0.2) is 0 Å². The molecule has 1 aliphatic heterocycles. The molecule has 1 N–H and O–H groups in total. The van der Waals surface area contributed by atoms with Crippen LogP contribution in [0.15, 0.2) is 53.4 Å². The third-order valence-electron chi connectivity index (χ3n) is 4.55. The van der Waals surface area contributed by atoms with E-state index in [-0.39, 0.29) is 17.0 Å². The number of piperidine rings is 1. The number of amides is 1. The van der Waals surface area contributed by atoms with Gasteiger partial charge in [-0.25, -0.2) is 17.2 Å². The molecular formula is C19H20F2N2O3S. The zero-order valence-corrected chi connectivity index (χ0v) is 15.4.